The summed E-state index contributed by atoms with van der Waals surface area (Å²) in [5.74, 6) is 0. The molecular formula is CH4CaNO10P. The number of phosphoric acid groups is 1. The minimum atomic E-state index is -4.64. The van der Waals surface area contributed by atoms with E-state index in [0.717, 1.165) is 0 Å². The van der Waals surface area contributed by atoms with Gasteiger partial charge < -0.3 is 34.9 Å². The molecule has 0 unspecified atom stereocenters. The fourth-order valence-corrected chi connectivity index (χ4v) is 0. The van der Waals surface area contributed by atoms with Crippen LogP contribution in [0.15, 0.2) is 0 Å². The molecule has 0 aromatic heterocycles. The monoisotopic (exact) mass is 261 g/mol. The largest absolute Gasteiger partial charge is 2.00 e. The van der Waals surface area contributed by atoms with E-state index in [0.29, 0.717) is 0 Å². The van der Waals surface area contributed by atoms with Crippen molar-refractivity contribution in [2.75, 3.05) is 0 Å². The van der Waals surface area contributed by atoms with Crippen LogP contribution in [0.4, 0.5) is 4.79 Å². The predicted molar refractivity (Wildman–Crippen MR) is 34.2 cm³/mol. The second-order valence-corrected chi connectivity index (χ2v) is 2.03. The molecule has 11 nitrogen and oxygen atoms in total. The van der Waals surface area contributed by atoms with Gasteiger partial charge >= 0.3 is 45.6 Å². The Bertz CT molecular complexity index is 168. The molecule has 0 aliphatic carbocycles. The first-order valence-electron chi connectivity index (χ1n) is 1.96. The van der Waals surface area contributed by atoms with Crippen LogP contribution in [0.25, 0.3) is 0 Å². The van der Waals surface area contributed by atoms with Crippen LogP contribution in [0.3, 0.4) is 0 Å². The number of hydrogen-bond acceptors (Lipinski definition) is 6. The Kier molecular flexibility index (Phi) is 21.6. The predicted octanol–water partition coefficient (Wildman–Crippen LogP) is -4.10. The van der Waals surface area contributed by atoms with E-state index < -0.39 is 19.1 Å². The van der Waals surface area contributed by atoms with Gasteiger partial charge in [-0.3, -0.25) is 0 Å². The quantitative estimate of drug-likeness (QED) is 0.143. The van der Waals surface area contributed by atoms with E-state index >= 15 is 0 Å². The molecule has 13 heteroatoms. The number of carbonyl (C=O) groups is 1. The summed E-state index contributed by atoms with van der Waals surface area (Å²) in [4.78, 5) is 38.3. The molecule has 14 heavy (non-hydrogen) atoms. The molecule has 0 aliphatic heterocycles. The van der Waals surface area contributed by atoms with E-state index in [2.05, 4.69) is 0 Å². The molecule has 0 saturated heterocycles. The topological polar surface area (TPSA) is 204 Å². The maximum absolute atomic E-state index is 8.88. The molecule has 0 rings (SSSR count). The summed E-state index contributed by atoms with van der Waals surface area (Å²) in [6.45, 7) is 0. The van der Waals surface area contributed by atoms with E-state index in [9.17, 15) is 0 Å². The van der Waals surface area contributed by atoms with Gasteiger partial charge in [0.15, 0.2) is 0 Å². The number of hydrogen-bond donors (Lipinski definition) is 4. The van der Waals surface area contributed by atoms with Crippen molar-refractivity contribution in [2.45, 2.75) is 0 Å². The van der Waals surface area contributed by atoms with Crippen LogP contribution in [0, 0.1) is 10.1 Å². The van der Waals surface area contributed by atoms with Crippen LogP contribution in [0.5, 0.6) is 0 Å². The first-order chi connectivity index (χ1) is 5.46. The molecule has 4 N–H and O–H groups in total. The van der Waals surface area contributed by atoms with Crippen molar-refractivity contribution in [3.05, 3.63) is 10.1 Å². The SMILES string of the molecule is O=C([O-])[O-].O=P(O)(O)O.O=[N+]([O-])O.[Ca+2]. The van der Waals surface area contributed by atoms with Crippen molar-refractivity contribution in [3.63, 3.8) is 0 Å². The van der Waals surface area contributed by atoms with Gasteiger partial charge in [-0.25, -0.2) is 4.57 Å². The molecule has 0 fully saturated rings. The molecule has 0 saturated carbocycles. The smallest absolute Gasteiger partial charge is 0.652 e. The first-order valence-corrected chi connectivity index (χ1v) is 3.53. The summed E-state index contributed by atoms with van der Waals surface area (Å²) < 4.78 is 8.88. The molecule has 0 bridgehead atoms. The number of nitrogens with zero attached hydrogens (tertiary/aromatic N) is 1. The third-order valence-corrected chi connectivity index (χ3v) is 0. The number of carboxylic acid groups (broad SMARTS) is 2. The van der Waals surface area contributed by atoms with Gasteiger partial charge in [0, 0.05) is 0 Å². The summed E-state index contributed by atoms with van der Waals surface area (Å²) in [7, 11) is -4.64. The summed E-state index contributed by atoms with van der Waals surface area (Å²) in [6.07, 6.45) is -2.33. The normalized spacial score (nSPS) is 7.64. The molecule has 80 valence electrons. The Morgan fingerprint density at radius 2 is 1.21 bits per heavy atom. The minimum Gasteiger partial charge on any atom is -0.652 e. The number of carbonyl (C=O) groups excluding carboxylic acids is 1. The molecule has 0 aromatic carbocycles. The zero-order valence-electron chi connectivity index (χ0n) is 6.34. The molecule has 0 spiro atoms. The first kappa shape index (κ1) is 23.6. The molecule has 0 aromatic rings. The maximum Gasteiger partial charge on any atom is 2.00 e. The van der Waals surface area contributed by atoms with Gasteiger partial charge in [0.05, 0.1) is 0 Å². The Balaban J connectivity index is -0.0000000522. The van der Waals surface area contributed by atoms with Gasteiger partial charge in [0.25, 0.3) is 5.09 Å². The Morgan fingerprint density at radius 3 is 1.21 bits per heavy atom. The van der Waals surface area contributed by atoms with Gasteiger partial charge in [0.2, 0.25) is 0 Å². The van der Waals surface area contributed by atoms with E-state index in [-0.39, 0.29) is 37.7 Å². The minimum absolute atomic E-state index is 0. The third-order valence-electron chi connectivity index (χ3n) is 0. The van der Waals surface area contributed by atoms with Crippen LogP contribution in [-0.2, 0) is 4.57 Å². The Hall–Kier alpha value is -0.160. The molecule has 0 radical (unpaired) electrons. The van der Waals surface area contributed by atoms with Crippen LogP contribution < -0.4 is 10.2 Å². The van der Waals surface area contributed by atoms with Crippen LogP contribution in [0.1, 0.15) is 0 Å². The standard InChI is InChI=1S/CH2O3.Ca.HNO3.H3O4P/c2-1(3)4;;2-1(3)4;1-5(2,3)4/h(H2,2,3,4);;(H,2,3,4);(H3,1,2,3,4)/q;+2;;/p-2. The molecule has 0 atom stereocenters. The van der Waals surface area contributed by atoms with Crippen molar-refractivity contribution in [2.24, 2.45) is 0 Å². The zero-order chi connectivity index (χ0) is 11.7. The second-order valence-electron chi connectivity index (χ2n) is 1.00. The second kappa shape index (κ2) is 12.8. The average molecular weight is 261 g/mol. The fraction of sp³-hybridized carbons (Fsp3) is 0. The van der Waals surface area contributed by atoms with Gasteiger partial charge in [-0.2, -0.15) is 0 Å². The molecule has 0 heterocycles. The van der Waals surface area contributed by atoms with Crippen LogP contribution >= 0.6 is 7.82 Å². The van der Waals surface area contributed by atoms with Crippen molar-refractivity contribution in [3.8, 4) is 0 Å². The fourth-order valence-electron chi connectivity index (χ4n) is 0. The van der Waals surface area contributed by atoms with Gasteiger partial charge in [-0.1, -0.05) is 0 Å². The van der Waals surface area contributed by atoms with Crippen molar-refractivity contribution in [1.82, 2.24) is 0 Å². The summed E-state index contributed by atoms with van der Waals surface area (Å²) in [5, 5.41) is 30.3. The van der Waals surface area contributed by atoms with E-state index in [1.165, 1.54) is 0 Å². The van der Waals surface area contributed by atoms with E-state index in [1.807, 2.05) is 0 Å². The molecule has 0 aliphatic rings. The van der Waals surface area contributed by atoms with Gasteiger partial charge in [-0.15, -0.1) is 10.1 Å². The van der Waals surface area contributed by atoms with Crippen molar-refractivity contribution >= 4 is 51.7 Å². The molecule has 0 amide bonds. The zero-order valence-corrected chi connectivity index (χ0v) is 9.44. The summed E-state index contributed by atoms with van der Waals surface area (Å²) in [5.41, 5.74) is 0. The van der Waals surface area contributed by atoms with Crippen LogP contribution in [-0.4, -0.2) is 68.9 Å². The third kappa shape index (κ3) is 54200. The van der Waals surface area contributed by atoms with E-state index in [1.54, 1.807) is 0 Å². The Labute approximate surface area is 106 Å². The van der Waals surface area contributed by atoms with Gasteiger partial charge in [0.1, 0.15) is 0 Å². The van der Waals surface area contributed by atoms with Crippen LogP contribution in [0.2, 0.25) is 0 Å². The van der Waals surface area contributed by atoms with Crippen molar-refractivity contribution < 1.29 is 44.5 Å². The average Bonchev–Trinajstić information content (AvgIpc) is 1.50. The van der Waals surface area contributed by atoms with E-state index in [4.69, 9.17) is 49.6 Å². The van der Waals surface area contributed by atoms with Crippen molar-refractivity contribution in [1.29, 1.82) is 0 Å². The Morgan fingerprint density at radius 1 is 1.21 bits per heavy atom. The maximum atomic E-state index is 8.88. The number of rotatable bonds is 0. The summed E-state index contributed by atoms with van der Waals surface area (Å²) in [6, 6.07) is 0. The van der Waals surface area contributed by atoms with Gasteiger partial charge in [-0.05, 0) is 6.16 Å². The molecular weight excluding hydrogens is 257 g/mol. The summed E-state index contributed by atoms with van der Waals surface area (Å²) >= 11 is 0.